The number of hydroxylamine groups is 1. The molecule has 0 unspecified atom stereocenters. The molecule has 0 saturated carbocycles. The number of nitrogens with one attached hydrogen (secondary N) is 4. The lowest BCUT2D eigenvalue weighted by molar-refractivity contribution is -0.138. The average Bonchev–Trinajstić information content (AvgIpc) is 2.91. The molecule has 0 heterocycles. The fourth-order valence-electron chi connectivity index (χ4n) is 3.84. The molecule has 8 nitrogen and oxygen atoms in total. The van der Waals surface area contributed by atoms with Crippen molar-refractivity contribution in [1.82, 2.24) is 16.1 Å². The van der Waals surface area contributed by atoms with Crippen LogP contribution in [0, 0.1) is 5.82 Å². The first-order valence-corrected chi connectivity index (χ1v) is 12.0. The molecular formula is C28H28F4N4O4. The van der Waals surface area contributed by atoms with Crippen LogP contribution in [-0.4, -0.2) is 40.8 Å². The fourth-order valence-corrected chi connectivity index (χ4v) is 3.84. The van der Waals surface area contributed by atoms with Crippen LogP contribution in [0.5, 0.6) is 0 Å². The molecule has 0 spiro atoms. The molecule has 12 heteroatoms. The highest BCUT2D eigenvalue weighted by Crippen LogP contribution is 2.32. The number of hydrogen-bond acceptors (Lipinski definition) is 6. The van der Waals surface area contributed by atoms with E-state index in [9.17, 15) is 32.3 Å². The number of benzene rings is 3. The van der Waals surface area contributed by atoms with E-state index in [4.69, 9.17) is 5.21 Å². The molecule has 0 aliphatic carbocycles. The predicted octanol–water partition coefficient (Wildman–Crippen LogP) is 4.05. The molecule has 0 bridgehead atoms. The van der Waals surface area contributed by atoms with Crippen LogP contribution in [0.1, 0.15) is 23.6 Å². The van der Waals surface area contributed by atoms with Gasteiger partial charge in [0.25, 0.3) is 5.91 Å². The topological polar surface area (TPSA) is 123 Å². The number of rotatable bonds is 11. The summed E-state index contributed by atoms with van der Waals surface area (Å²) in [6.45, 7) is 4.74. The van der Waals surface area contributed by atoms with E-state index in [1.165, 1.54) is 12.4 Å². The molecule has 0 aliphatic rings. The quantitative estimate of drug-likeness (QED) is 0.120. The van der Waals surface area contributed by atoms with Crippen molar-refractivity contribution >= 4 is 23.2 Å². The lowest BCUT2D eigenvalue weighted by Crippen LogP contribution is -2.48. The number of aliphatic hydroxyl groups is 1. The first-order valence-electron chi connectivity index (χ1n) is 12.0. The van der Waals surface area contributed by atoms with Crippen LogP contribution in [0.4, 0.5) is 23.2 Å². The van der Waals surface area contributed by atoms with Crippen molar-refractivity contribution in [3.8, 4) is 11.1 Å². The number of carbonyl (C=O) groups excluding carboxylic acids is 2. The van der Waals surface area contributed by atoms with Gasteiger partial charge in [-0.1, -0.05) is 49.0 Å². The molecule has 212 valence electrons. The summed E-state index contributed by atoms with van der Waals surface area (Å²) in [5.74, 6) is -2.27. The molecule has 2 amide bonds. The molecular weight excluding hydrogens is 532 g/mol. The van der Waals surface area contributed by atoms with Gasteiger partial charge >= 0.3 is 6.18 Å². The van der Waals surface area contributed by atoms with Crippen LogP contribution in [0.25, 0.3) is 16.8 Å². The number of carbonyl (C=O) groups is 2. The van der Waals surface area contributed by atoms with Gasteiger partial charge in [-0.2, -0.15) is 13.2 Å². The third kappa shape index (κ3) is 8.12. The maximum absolute atomic E-state index is 13.2. The Morgan fingerprint density at radius 3 is 2.12 bits per heavy atom. The van der Waals surface area contributed by atoms with Gasteiger partial charge < -0.3 is 21.1 Å². The van der Waals surface area contributed by atoms with Gasteiger partial charge in [0.2, 0.25) is 5.91 Å². The van der Waals surface area contributed by atoms with E-state index in [1.54, 1.807) is 36.4 Å². The van der Waals surface area contributed by atoms with E-state index in [0.717, 1.165) is 23.3 Å². The normalized spacial score (nSPS) is 12.8. The van der Waals surface area contributed by atoms with E-state index in [1.807, 2.05) is 12.1 Å². The lowest BCUT2D eigenvalue weighted by Gasteiger charge is -2.22. The van der Waals surface area contributed by atoms with Gasteiger partial charge in [-0.25, -0.2) is 9.87 Å². The molecule has 0 aromatic heterocycles. The third-order valence-electron chi connectivity index (χ3n) is 5.92. The number of halogens is 4. The highest BCUT2D eigenvalue weighted by Gasteiger charge is 2.33. The van der Waals surface area contributed by atoms with Crippen LogP contribution < -0.4 is 21.4 Å². The van der Waals surface area contributed by atoms with E-state index in [-0.39, 0.29) is 18.7 Å². The molecule has 6 N–H and O–H groups in total. The highest BCUT2D eigenvalue weighted by molar-refractivity contribution is 5.92. The van der Waals surface area contributed by atoms with Gasteiger partial charge in [0, 0.05) is 17.9 Å². The van der Waals surface area contributed by atoms with E-state index >= 15 is 0 Å². The Morgan fingerprint density at radius 2 is 1.57 bits per heavy atom. The summed E-state index contributed by atoms with van der Waals surface area (Å²) in [4.78, 5) is 24.0. The van der Waals surface area contributed by atoms with Crippen molar-refractivity contribution in [2.45, 2.75) is 31.8 Å². The smallest absolute Gasteiger partial charge is 0.391 e. The van der Waals surface area contributed by atoms with Crippen molar-refractivity contribution in [2.75, 3.05) is 11.9 Å². The summed E-state index contributed by atoms with van der Waals surface area (Å²) in [6.07, 6.45) is -5.80. The summed E-state index contributed by atoms with van der Waals surface area (Å²) in [5, 5.41) is 26.7. The number of alkyl halides is 3. The van der Waals surface area contributed by atoms with Crippen molar-refractivity contribution in [1.29, 1.82) is 0 Å². The van der Waals surface area contributed by atoms with E-state index < -0.39 is 41.5 Å². The van der Waals surface area contributed by atoms with Crippen LogP contribution in [0.15, 0.2) is 73.3 Å². The zero-order valence-corrected chi connectivity index (χ0v) is 21.3. The van der Waals surface area contributed by atoms with E-state index in [2.05, 4.69) is 22.5 Å². The van der Waals surface area contributed by atoms with Crippen molar-refractivity contribution in [3.63, 3.8) is 0 Å². The van der Waals surface area contributed by atoms with Crippen LogP contribution in [-0.2, 0) is 22.3 Å². The Kier molecular flexibility index (Phi) is 9.99. The Hall–Kier alpha value is -4.26. The first-order chi connectivity index (χ1) is 18.9. The summed E-state index contributed by atoms with van der Waals surface area (Å²) in [6, 6.07) is 15.3. The van der Waals surface area contributed by atoms with Crippen molar-refractivity contribution in [2.24, 2.45) is 0 Å². The van der Waals surface area contributed by atoms with Gasteiger partial charge in [-0.05, 0) is 53.4 Å². The summed E-state index contributed by atoms with van der Waals surface area (Å²) in [7, 11) is 0. The fraction of sp³-hybridized carbons (Fsp3) is 0.214. The Morgan fingerprint density at radius 1 is 0.975 bits per heavy atom. The van der Waals surface area contributed by atoms with Gasteiger partial charge in [0.1, 0.15) is 11.9 Å². The first kappa shape index (κ1) is 30.3. The minimum Gasteiger partial charge on any atom is -0.391 e. The highest BCUT2D eigenvalue weighted by atomic mass is 19.4. The van der Waals surface area contributed by atoms with Crippen LogP contribution >= 0.6 is 0 Å². The maximum Gasteiger partial charge on any atom is 0.416 e. The second-order valence-electron chi connectivity index (χ2n) is 8.92. The molecule has 3 rings (SSSR count). The minimum absolute atomic E-state index is 0.171. The minimum atomic E-state index is -4.71. The molecule has 0 aliphatic heterocycles. The molecule has 0 fully saturated rings. The van der Waals surface area contributed by atoms with Crippen molar-refractivity contribution in [3.05, 3.63) is 95.8 Å². The molecule has 0 radical (unpaired) electrons. The Balaban J connectivity index is 1.55. The summed E-state index contributed by atoms with van der Waals surface area (Å²) < 4.78 is 52.6. The number of anilines is 1. The molecule has 0 saturated heterocycles. The standard InChI is InChI=1S/C28H28F4N4O4/c1-16(34-26(17(2)37)27(39)36-40)18-3-5-19(6-4-18)20-8-11-23(12-9-20)35-25(38)15-33-14-21-7-10-22(29)13-24(21)28(30,31)32/h3-13,17,26,33-34,37,40H,1,14-15H2,2H3,(H,35,38)(H,36,39)/t17-,26+/m1/s1. The zero-order valence-electron chi connectivity index (χ0n) is 21.3. The van der Waals surface area contributed by atoms with Gasteiger partial charge in [0.15, 0.2) is 0 Å². The number of hydrogen-bond donors (Lipinski definition) is 6. The monoisotopic (exact) mass is 560 g/mol. The second kappa shape index (κ2) is 13.2. The van der Waals surface area contributed by atoms with Gasteiger partial charge in [0.05, 0.1) is 18.2 Å². The molecule has 3 aromatic carbocycles. The lowest BCUT2D eigenvalue weighted by atomic mass is 10.0. The molecule has 2 atom stereocenters. The van der Waals surface area contributed by atoms with Gasteiger partial charge in [-0.15, -0.1) is 0 Å². The maximum atomic E-state index is 13.2. The summed E-state index contributed by atoms with van der Waals surface area (Å²) in [5.41, 5.74) is 3.40. The van der Waals surface area contributed by atoms with Crippen LogP contribution in [0.2, 0.25) is 0 Å². The van der Waals surface area contributed by atoms with E-state index in [0.29, 0.717) is 23.0 Å². The largest absolute Gasteiger partial charge is 0.416 e. The second-order valence-corrected chi connectivity index (χ2v) is 8.92. The Labute approximate surface area is 227 Å². The number of aliphatic hydroxyl groups excluding tert-OH is 1. The van der Waals surface area contributed by atoms with Gasteiger partial charge in [-0.3, -0.25) is 14.8 Å². The molecule has 40 heavy (non-hydrogen) atoms. The predicted molar refractivity (Wildman–Crippen MR) is 141 cm³/mol. The number of amides is 2. The van der Waals surface area contributed by atoms with Crippen LogP contribution in [0.3, 0.4) is 0 Å². The third-order valence-corrected chi connectivity index (χ3v) is 5.92. The summed E-state index contributed by atoms with van der Waals surface area (Å²) >= 11 is 0. The zero-order chi connectivity index (χ0) is 29.4. The molecule has 3 aromatic rings. The van der Waals surface area contributed by atoms with Crippen molar-refractivity contribution < 1.29 is 37.5 Å². The average molecular weight is 561 g/mol. The SMILES string of the molecule is C=C(N[C@H](C(=O)NO)[C@@H](C)O)c1ccc(-c2ccc(NC(=O)CNCc3ccc(F)cc3C(F)(F)F)cc2)cc1. The Bertz CT molecular complexity index is 1340.